The molecule has 0 bridgehead atoms. The molecule has 1 N–H and O–H groups in total. The number of carbonyl (C=O) groups is 1. The largest absolute Gasteiger partial charge is 0.493 e. The van der Waals surface area contributed by atoms with Crippen LogP contribution in [0.1, 0.15) is 28.8 Å². The van der Waals surface area contributed by atoms with Gasteiger partial charge in [0, 0.05) is 11.3 Å². The summed E-state index contributed by atoms with van der Waals surface area (Å²) in [6, 6.07) is 18.3. The van der Waals surface area contributed by atoms with Crippen LogP contribution >= 0.6 is 0 Å². The van der Waals surface area contributed by atoms with E-state index in [0.29, 0.717) is 40.1 Å². The Morgan fingerprint density at radius 3 is 2.41 bits per heavy atom. The Bertz CT molecular complexity index is 1330. The van der Waals surface area contributed by atoms with Gasteiger partial charge in [0.05, 0.1) is 31.5 Å². The van der Waals surface area contributed by atoms with Gasteiger partial charge >= 0.3 is 0 Å². The molecule has 0 radical (unpaired) electrons. The third-order valence-corrected chi connectivity index (χ3v) is 5.73. The van der Waals surface area contributed by atoms with Gasteiger partial charge in [0.2, 0.25) is 6.79 Å². The molecule has 3 aromatic rings. The molecule has 3 aromatic carbocycles. The van der Waals surface area contributed by atoms with Crippen LogP contribution in [0.5, 0.6) is 23.0 Å². The average Bonchev–Trinajstić information content (AvgIpc) is 3.27. The van der Waals surface area contributed by atoms with Gasteiger partial charge in [-0.05, 0) is 55.0 Å². The molecule has 0 aliphatic carbocycles. The van der Waals surface area contributed by atoms with E-state index >= 15 is 0 Å². The van der Waals surface area contributed by atoms with Crippen LogP contribution in [-0.2, 0) is 0 Å². The van der Waals surface area contributed by atoms with Gasteiger partial charge in [0.1, 0.15) is 5.84 Å². The van der Waals surface area contributed by atoms with Crippen LogP contribution in [0.4, 0.5) is 11.4 Å². The topological polar surface area (TPSA) is 90.7 Å². The summed E-state index contributed by atoms with van der Waals surface area (Å²) in [6.07, 6.45) is 0. The molecule has 0 fully saturated rings. The van der Waals surface area contributed by atoms with Gasteiger partial charge in [0.15, 0.2) is 23.0 Å². The molecule has 8 nitrogen and oxygen atoms in total. The second-order valence-corrected chi connectivity index (χ2v) is 7.81. The summed E-state index contributed by atoms with van der Waals surface area (Å²) >= 11 is 0. The lowest BCUT2D eigenvalue weighted by Crippen LogP contribution is -2.37. The first-order valence-electron chi connectivity index (χ1n) is 10.7. The van der Waals surface area contributed by atoms with Crippen LogP contribution in [0.25, 0.3) is 0 Å². The summed E-state index contributed by atoms with van der Waals surface area (Å²) < 4.78 is 21.7. The number of amides is 1. The highest BCUT2D eigenvalue weighted by atomic mass is 16.7. The van der Waals surface area contributed by atoms with Crippen molar-refractivity contribution in [1.82, 2.24) is 5.32 Å². The minimum atomic E-state index is -0.412. The van der Waals surface area contributed by atoms with E-state index in [2.05, 4.69) is 5.32 Å². The van der Waals surface area contributed by atoms with Crippen molar-refractivity contribution in [3.63, 3.8) is 0 Å². The maximum Gasteiger partial charge on any atom is 0.256 e. The van der Waals surface area contributed by atoms with Crippen molar-refractivity contribution >= 4 is 28.8 Å². The monoisotopic (exact) mass is 457 g/mol. The first-order valence-corrected chi connectivity index (χ1v) is 10.7. The van der Waals surface area contributed by atoms with Crippen molar-refractivity contribution in [3.05, 3.63) is 71.8 Å². The van der Waals surface area contributed by atoms with Gasteiger partial charge in [0.25, 0.3) is 5.91 Å². The Hall–Kier alpha value is -4.33. The first-order chi connectivity index (χ1) is 16.6. The number of methoxy groups -OCH3 is 2. The number of nitrogens with one attached hydrogen (secondary N) is 1. The minimum Gasteiger partial charge on any atom is -0.493 e. The van der Waals surface area contributed by atoms with Gasteiger partial charge in [-0.2, -0.15) is 0 Å². The number of benzene rings is 3. The molecule has 172 valence electrons. The summed E-state index contributed by atoms with van der Waals surface area (Å²) in [5.74, 6) is 2.08. The summed E-state index contributed by atoms with van der Waals surface area (Å²) in [6.45, 7) is 2.06. The Morgan fingerprint density at radius 1 is 0.912 bits per heavy atom. The molecule has 0 unspecified atom stereocenters. The molecule has 2 heterocycles. The highest BCUT2D eigenvalue weighted by Crippen LogP contribution is 2.37. The summed E-state index contributed by atoms with van der Waals surface area (Å²) in [4.78, 5) is 22.9. The fraction of sp³-hybridized carbons (Fsp3) is 0.192. The molecule has 34 heavy (non-hydrogen) atoms. The first kappa shape index (κ1) is 21.5. The number of ether oxygens (including phenoxy) is 4. The normalized spacial score (nSPS) is 16.0. The Morgan fingerprint density at radius 2 is 1.65 bits per heavy atom. The van der Waals surface area contributed by atoms with Crippen molar-refractivity contribution in [2.24, 2.45) is 9.98 Å². The molecule has 0 aromatic heterocycles. The Balaban J connectivity index is 1.57. The number of para-hydroxylation sites is 2. The summed E-state index contributed by atoms with van der Waals surface area (Å²) in [7, 11) is 3.17. The fourth-order valence-electron chi connectivity index (χ4n) is 4.06. The average molecular weight is 457 g/mol. The Labute approximate surface area is 196 Å². The zero-order valence-corrected chi connectivity index (χ0v) is 19.0. The quantitative estimate of drug-likeness (QED) is 0.609. The van der Waals surface area contributed by atoms with Crippen LogP contribution in [0, 0.1) is 0 Å². The zero-order chi connectivity index (χ0) is 23.7. The number of rotatable bonds is 4. The minimum absolute atomic E-state index is 0.140. The molecule has 2 aliphatic heterocycles. The fourth-order valence-corrected chi connectivity index (χ4v) is 4.06. The molecule has 1 amide bonds. The van der Waals surface area contributed by atoms with E-state index in [1.165, 1.54) is 0 Å². The second kappa shape index (κ2) is 8.90. The molecule has 0 spiro atoms. The van der Waals surface area contributed by atoms with Crippen LogP contribution in [0.3, 0.4) is 0 Å². The molecular formula is C26H23N3O5. The van der Waals surface area contributed by atoms with Gasteiger partial charge in [-0.25, -0.2) is 4.99 Å². The predicted molar refractivity (Wildman–Crippen MR) is 129 cm³/mol. The zero-order valence-electron chi connectivity index (χ0n) is 19.0. The molecular weight excluding hydrogens is 434 g/mol. The lowest BCUT2D eigenvalue weighted by Gasteiger charge is -2.21. The van der Waals surface area contributed by atoms with Crippen molar-refractivity contribution < 1.29 is 23.7 Å². The van der Waals surface area contributed by atoms with E-state index in [-0.39, 0.29) is 12.7 Å². The third kappa shape index (κ3) is 3.94. The summed E-state index contributed by atoms with van der Waals surface area (Å²) in [5.41, 5.74) is 3.48. The number of nitrogens with zero attached hydrogens (tertiary/aromatic N) is 2. The van der Waals surface area contributed by atoms with Crippen LogP contribution < -0.4 is 24.3 Å². The molecule has 1 atom stereocenters. The standard InChI is InChI=1S/C26H23N3O5/c1-15-24(16-8-10-20(31-2)22(12-16)32-3)25(28-19-7-5-4-6-18(19)27-15)29-26(30)17-9-11-21-23(13-17)34-14-33-21/h4-13,24H,14H2,1-3H3,(H,28,29,30)/t24-/m0/s1. The van der Waals surface area contributed by atoms with Gasteiger partial charge in [-0.15, -0.1) is 0 Å². The van der Waals surface area contributed by atoms with Gasteiger partial charge in [-0.1, -0.05) is 18.2 Å². The highest BCUT2D eigenvalue weighted by Gasteiger charge is 2.28. The van der Waals surface area contributed by atoms with Crippen molar-refractivity contribution in [2.75, 3.05) is 21.0 Å². The second-order valence-electron chi connectivity index (χ2n) is 7.81. The highest BCUT2D eigenvalue weighted by molar-refractivity contribution is 6.19. The van der Waals surface area contributed by atoms with Crippen LogP contribution in [-0.4, -0.2) is 38.5 Å². The molecule has 0 saturated carbocycles. The third-order valence-electron chi connectivity index (χ3n) is 5.73. The lowest BCUT2D eigenvalue weighted by molar-refractivity contribution is 0.0976. The van der Waals surface area contributed by atoms with Crippen molar-refractivity contribution in [3.8, 4) is 23.0 Å². The van der Waals surface area contributed by atoms with E-state index in [1.54, 1.807) is 32.4 Å². The van der Waals surface area contributed by atoms with Crippen LogP contribution in [0.15, 0.2) is 70.6 Å². The van der Waals surface area contributed by atoms with E-state index in [9.17, 15) is 4.79 Å². The predicted octanol–water partition coefficient (Wildman–Crippen LogP) is 4.78. The van der Waals surface area contributed by atoms with E-state index < -0.39 is 5.92 Å². The van der Waals surface area contributed by atoms with Gasteiger partial charge in [-0.3, -0.25) is 9.79 Å². The van der Waals surface area contributed by atoms with Crippen molar-refractivity contribution in [1.29, 1.82) is 0 Å². The lowest BCUT2D eigenvalue weighted by atomic mass is 9.92. The maximum absolute atomic E-state index is 13.3. The number of aliphatic imine (C=N–C) groups is 2. The smallest absolute Gasteiger partial charge is 0.256 e. The van der Waals surface area contributed by atoms with E-state index in [4.69, 9.17) is 28.9 Å². The SMILES string of the molecule is COc1ccc([C@@H]2C(C)=Nc3ccccc3N=C2NC(=O)c2ccc3c(c2)OCO3)cc1OC. The number of carbonyl (C=O) groups excluding carboxylic acids is 1. The van der Waals surface area contributed by atoms with Crippen molar-refractivity contribution in [2.45, 2.75) is 12.8 Å². The molecule has 5 rings (SSSR count). The van der Waals surface area contributed by atoms with Crippen LogP contribution in [0.2, 0.25) is 0 Å². The molecule has 0 saturated heterocycles. The number of hydrogen-bond donors (Lipinski definition) is 1. The summed E-state index contributed by atoms with van der Waals surface area (Å²) in [5, 5.41) is 3.01. The van der Waals surface area contributed by atoms with E-state index in [1.807, 2.05) is 49.4 Å². The van der Waals surface area contributed by atoms with E-state index in [0.717, 1.165) is 17.0 Å². The number of fused-ring (bicyclic) bond motifs is 2. The number of hydrogen-bond acceptors (Lipinski definition) is 7. The van der Waals surface area contributed by atoms with Gasteiger partial charge < -0.3 is 24.3 Å². The number of amidine groups is 1. The maximum atomic E-state index is 13.3. The Kier molecular flexibility index (Phi) is 5.63. The molecule has 8 heteroatoms. The molecule has 2 aliphatic rings.